The van der Waals surface area contributed by atoms with Gasteiger partial charge in [-0.1, -0.05) is 45.9 Å². The van der Waals surface area contributed by atoms with Crippen LogP contribution in [-0.2, 0) is 6.42 Å². The van der Waals surface area contributed by atoms with Crippen LogP contribution in [0.15, 0.2) is 42.0 Å². The van der Waals surface area contributed by atoms with Gasteiger partial charge in [-0.05, 0) is 72.7 Å². The van der Waals surface area contributed by atoms with Crippen LogP contribution < -0.4 is 10.6 Å². The zero-order chi connectivity index (χ0) is 23.0. The number of unbranched alkanes of at least 4 members (excludes halogenated alkanes) is 1. The number of rotatable bonds is 10. The Balaban J connectivity index is 2.82. The molecule has 31 heavy (non-hydrogen) atoms. The average Bonchev–Trinajstić information content (AvgIpc) is 2.77. The zero-order valence-electron chi connectivity index (χ0n) is 19.3. The first-order valence-corrected chi connectivity index (χ1v) is 11.0. The van der Waals surface area contributed by atoms with E-state index in [2.05, 4.69) is 49.0 Å². The predicted molar refractivity (Wildman–Crippen MR) is 130 cm³/mol. The predicted octanol–water partition coefficient (Wildman–Crippen LogP) is 6.99. The lowest BCUT2D eigenvalue weighted by Crippen LogP contribution is -2.22. The van der Waals surface area contributed by atoms with E-state index in [1.165, 1.54) is 24.9 Å². The van der Waals surface area contributed by atoms with Gasteiger partial charge in [0.15, 0.2) is 0 Å². The number of carbonyl (C=O) groups excluding carboxylic acids is 1. The van der Waals surface area contributed by atoms with Crippen LogP contribution in [0.25, 0.3) is 11.1 Å². The molecule has 0 bridgehead atoms. The van der Waals surface area contributed by atoms with Crippen molar-refractivity contribution >= 4 is 23.5 Å². The summed E-state index contributed by atoms with van der Waals surface area (Å²) in [5, 5.41) is 5.58. The van der Waals surface area contributed by atoms with Gasteiger partial charge in [0.05, 0.1) is 16.9 Å². The Kier molecular flexibility index (Phi) is 8.98. The van der Waals surface area contributed by atoms with Crippen molar-refractivity contribution < 1.29 is 9.18 Å². The third-order valence-electron chi connectivity index (χ3n) is 5.59. The molecule has 0 heterocycles. The highest BCUT2D eigenvalue weighted by Crippen LogP contribution is 2.41. The van der Waals surface area contributed by atoms with Crippen LogP contribution in [0.1, 0.15) is 74.4 Å². The SMILES string of the molecule is C=CNc1c(C(=O)NC)c(F)cc(-c2ccc(CCCC)c(/N=C\C)c2)c1[C@H](C)CC. The van der Waals surface area contributed by atoms with E-state index < -0.39 is 11.7 Å². The Morgan fingerprint density at radius 3 is 2.61 bits per heavy atom. The van der Waals surface area contributed by atoms with Gasteiger partial charge < -0.3 is 10.6 Å². The topological polar surface area (TPSA) is 53.5 Å². The zero-order valence-corrected chi connectivity index (χ0v) is 19.3. The highest BCUT2D eigenvalue weighted by atomic mass is 19.1. The molecule has 0 radical (unpaired) electrons. The molecule has 166 valence electrons. The molecule has 0 aliphatic rings. The van der Waals surface area contributed by atoms with Gasteiger partial charge in [0.1, 0.15) is 5.82 Å². The second-order valence-corrected chi connectivity index (χ2v) is 7.64. The molecule has 2 aromatic carbocycles. The Morgan fingerprint density at radius 1 is 1.29 bits per heavy atom. The van der Waals surface area contributed by atoms with Crippen LogP contribution in [0.4, 0.5) is 15.8 Å². The number of aryl methyl sites for hydroxylation is 1. The molecule has 0 spiro atoms. The Morgan fingerprint density at radius 2 is 2.03 bits per heavy atom. The Labute approximate surface area is 185 Å². The summed E-state index contributed by atoms with van der Waals surface area (Å²) < 4.78 is 15.2. The summed E-state index contributed by atoms with van der Waals surface area (Å²) >= 11 is 0. The van der Waals surface area contributed by atoms with Crippen LogP contribution in [0, 0.1) is 5.82 Å². The van der Waals surface area contributed by atoms with E-state index in [0.29, 0.717) is 5.69 Å². The van der Waals surface area contributed by atoms with Gasteiger partial charge in [-0.25, -0.2) is 4.39 Å². The molecule has 2 aromatic rings. The summed E-state index contributed by atoms with van der Waals surface area (Å²) in [5.41, 5.74) is 5.10. The second-order valence-electron chi connectivity index (χ2n) is 7.64. The van der Waals surface area contributed by atoms with Crippen LogP contribution in [0.2, 0.25) is 0 Å². The second kappa shape index (κ2) is 11.4. The van der Waals surface area contributed by atoms with E-state index in [-0.39, 0.29) is 11.5 Å². The summed E-state index contributed by atoms with van der Waals surface area (Å²) in [6.07, 6.45) is 7.26. The fourth-order valence-corrected chi connectivity index (χ4v) is 3.79. The lowest BCUT2D eigenvalue weighted by Gasteiger charge is -2.23. The molecule has 2 N–H and O–H groups in total. The number of amides is 1. The Hall–Kier alpha value is -2.95. The number of hydrogen-bond acceptors (Lipinski definition) is 3. The summed E-state index contributed by atoms with van der Waals surface area (Å²) in [5.74, 6) is -0.940. The Bertz CT molecular complexity index is 966. The number of nitrogens with zero attached hydrogens (tertiary/aromatic N) is 1. The van der Waals surface area contributed by atoms with Crippen molar-refractivity contribution in [2.75, 3.05) is 12.4 Å². The van der Waals surface area contributed by atoms with Gasteiger partial charge in [0.25, 0.3) is 5.91 Å². The third kappa shape index (κ3) is 5.40. The standard InChI is InChI=1S/C26H34FN3O/c1-7-11-12-18-13-14-19(15-22(18)29-9-3)20-16-21(27)24(26(31)28-6)25(30-10-4)23(20)17(5)8-2/h9-10,13-17,30H,4,7-8,11-12H2,1-3,5-6H3,(H,28,31)/b29-9-/t17-/m1/s1. The van der Waals surface area contributed by atoms with Gasteiger partial charge >= 0.3 is 0 Å². The molecule has 0 aliphatic carbocycles. The molecular formula is C26H34FN3O. The first kappa shape index (κ1) is 24.3. The van der Waals surface area contributed by atoms with Crippen molar-refractivity contribution in [3.63, 3.8) is 0 Å². The van der Waals surface area contributed by atoms with E-state index in [1.807, 2.05) is 19.1 Å². The molecule has 0 fully saturated rings. The van der Waals surface area contributed by atoms with E-state index in [1.54, 1.807) is 6.21 Å². The molecular weight excluding hydrogens is 389 g/mol. The van der Waals surface area contributed by atoms with Crippen molar-refractivity contribution in [2.45, 2.75) is 59.3 Å². The van der Waals surface area contributed by atoms with Gasteiger partial charge in [-0.15, -0.1) is 0 Å². The summed E-state index contributed by atoms with van der Waals surface area (Å²) in [6.45, 7) is 12.0. The van der Waals surface area contributed by atoms with E-state index in [0.717, 1.165) is 48.1 Å². The largest absolute Gasteiger partial charge is 0.361 e. The first-order valence-electron chi connectivity index (χ1n) is 11.0. The highest BCUT2D eigenvalue weighted by Gasteiger charge is 2.25. The van der Waals surface area contributed by atoms with Crippen molar-refractivity contribution in [1.29, 1.82) is 0 Å². The number of carbonyl (C=O) groups is 1. The number of aliphatic imine (C=N–C) groups is 1. The maximum atomic E-state index is 15.2. The molecule has 0 aliphatic heterocycles. The molecule has 0 saturated carbocycles. The van der Waals surface area contributed by atoms with Crippen molar-refractivity contribution in [3.05, 3.63) is 59.6 Å². The lowest BCUT2D eigenvalue weighted by atomic mass is 9.85. The normalized spacial score (nSPS) is 12.1. The smallest absolute Gasteiger partial charge is 0.256 e. The van der Waals surface area contributed by atoms with Crippen LogP contribution in [-0.4, -0.2) is 19.2 Å². The molecule has 2 rings (SSSR count). The number of benzene rings is 2. The fourth-order valence-electron chi connectivity index (χ4n) is 3.79. The van der Waals surface area contributed by atoms with Crippen molar-refractivity contribution in [3.8, 4) is 11.1 Å². The van der Waals surface area contributed by atoms with Crippen molar-refractivity contribution in [1.82, 2.24) is 5.32 Å². The van der Waals surface area contributed by atoms with E-state index >= 15 is 4.39 Å². The maximum Gasteiger partial charge on any atom is 0.256 e. The highest BCUT2D eigenvalue weighted by molar-refractivity contribution is 6.02. The number of hydrogen-bond donors (Lipinski definition) is 2. The minimum atomic E-state index is -0.568. The summed E-state index contributed by atoms with van der Waals surface area (Å²) in [6, 6.07) is 7.60. The first-order chi connectivity index (χ1) is 14.9. The number of halogens is 1. The van der Waals surface area contributed by atoms with Gasteiger partial charge in [-0.2, -0.15) is 0 Å². The van der Waals surface area contributed by atoms with Gasteiger partial charge in [0.2, 0.25) is 0 Å². The minimum Gasteiger partial charge on any atom is -0.361 e. The molecule has 0 unspecified atom stereocenters. The van der Waals surface area contributed by atoms with Crippen LogP contribution >= 0.6 is 0 Å². The molecule has 4 nitrogen and oxygen atoms in total. The maximum absolute atomic E-state index is 15.2. The average molecular weight is 424 g/mol. The molecule has 5 heteroatoms. The number of nitrogens with one attached hydrogen (secondary N) is 2. The fraction of sp³-hybridized carbons (Fsp3) is 0.385. The van der Waals surface area contributed by atoms with E-state index in [9.17, 15) is 4.79 Å². The number of anilines is 1. The summed E-state index contributed by atoms with van der Waals surface area (Å²) in [4.78, 5) is 17.0. The van der Waals surface area contributed by atoms with Gasteiger partial charge in [-0.3, -0.25) is 9.79 Å². The van der Waals surface area contributed by atoms with E-state index in [4.69, 9.17) is 0 Å². The molecule has 1 atom stereocenters. The van der Waals surface area contributed by atoms with Crippen LogP contribution in [0.5, 0.6) is 0 Å². The quantitative estimate of drug-likeness (QED) is 0.405. The van der Waals surface area contributed by atoms with Crippen LogP contribution in [0.3, 0.4) is 0 Å². The third-order valence-corrected chi connectivity index (χ3v) is 5.59. The minimum absolute atomic E-state index is 0.00724. The van der Waals surface area contributed by atoms with Gasteiger partial charge in [0, 0.05) is 13.3 Å². The molecule has 1 amide bonds. The lowest BCUT2D eigenvalue weighted by molar-refractivity contribution is 0.0960. The molecule has 0 saturated heterocycles. The monoisotopic (exact) mass is 423 g/mol. The molecule has 0 aromatic heterocycles. The summed E-state index contributed by atoms with van der Waals surface area (Å²) in [7, 11) is 1.50. The van der Waals surface area contributed by atoms with Crippen molar-refractivity contribution in [2.24, 2.45) is 4.99 Å².